The summed E-state index contributed by atoms with van der Waals surface area (Å²) >= 11 is 1.85. The fraction of sp³-hybridized carbons (Fsp3) is 0. The Bertz CT molecular complexity index is 2240. The van der Waals surface area contributed by atoms with E-state index in [1.807, 2.05) is 47.7 Å². The van der Waals surface area contributed by atoms with Crippen molar-refractivity contribution in [1.29, 1.82) is 0 Å². The molecule has 1 aliphatic heterocycles. The minimum Gasteiger partial charge on any atom is -0.456 e. The van der Waals surface area contributed by atoms with Gasteiger partial charge in [0.15, 0.2) is 0 Å². The zero-order valence-corrected chi connectivity index (χ0v) is 20.3. The first-order valence-electron chi connectivity index (χ1n) is 12.3. The van der Waals surface area contributed by atoms with Crippen LogP contribution in [0.25, 0.3) is 70.1 Å². The van der Waals surface area contributed by atoms with Crippen molar-refractivity contribution in [2.75, 3.05) is 0 Å². The summed E-state index contributed by atoms with van der Waals surface area (Å²) in [6.07, 6.45) is 0. The van der Waals surface area contributed by atoms with Gasteiger partial charge in [-0.2, -0.15) is 0 Å². The maximum Gasteiger partial charge on any atom is 0.235 e. The van der Waals surface area contributed by atoms with Crippen molar-refractivity contribution in [3.05, 3.63) is 103 Å². The van der Waals surface area contributed by atoms with E-state index in [9.17, 15) is 0 Å². The number of hydrogen-bond donors (Lipinski definition) is 0. The molecule has 4 nitrogen and oxygen atoms in total. The van der Waals surface area contributed by atoms with Crippen molar-refractivity contribution in [3.8, 4) is 28.7 Å². The third kappa shape index (κ3) is 2.56. The number of ether oxygens (including phenoxy) is 1. The van der Waals surface area contributed by atoms with E-state index < -0.39 is 0 Å². The number of fused-ring (bicyclic) bond motifs is 8. The van der Waals surface area contributed by atoms with Gasteiger partial charge in [-0.05, 0) is 48.5 Å². The number of nitrogens with zero attached hydrogens (tertiary/aromatic N) is 3. The average molecular weight is 492 g/mol. The summed E-state index contributed by atoms with van der Waals surface area (Å²) in [7, 11) is 0. The molecule has 37 heavy (non-hydrogen) atoms. The van der Waals surface area contributed by atoms with Crippen LogP contribution in [0.3, 0.4) is 0 Å². The first-order chi connectivity index (χ1) is 18.3. The van der Waals surface area contributed by atoms with E-state index in [1.54, 1.807) is 0 Å². The molecule has 0 unspecified atom stereocenters. The molecule has 5 heteroatoms. The third-order valence-electron chi connectivity index (χ3n) is 7.41. The van der Waals surface area contributed by atoms with E-state index in [0.29, 0.717) is 5.95 Å². The van der Waals surface area contributed by atoms with E-state index in [-0.39, 0.29) is 0 Å². The van der Waals surface area contributed by atoms with Crippen LogP contribution in [0.5, 0.6) is 11.5 Å². The molecule has 8 aromatic rings. The van der Waals surface area contributed by atoms with Gasteiger partial charge < -0.3 is 4.74 Å². The second-order valence-corrected chi connectivity index (χ2v) is 10.5. The highest BCUT2D eigenvalue weighted by Crippen LogP contribution is 2.46. The smallest absolute Gasteiger partial charge is 0.235 e. The first-order valence-corrected chi connectivity index (χ1v) is 13.1. The second-order valence-electron chi connectivity index (χ2n) is 9.44. The maximum atomic E-state index is 6.22. The minimum atomic E-state index is 0.668. The number of rotatable bonds is 1. The van der Waals surface area contributed by atoms with E-state index in [4.69, 9.17) is 14.7 Å². The summed E-state index contributed by atoms with van der Waals surface area (Å²) in [5.41, 5.74) is 4.98. The largest absolute Gasteiger partial charge is 0.456 e. The molecule has 172 valence electrons. The van der Waals surface area contributed by atoms with Crippen LogP contribution in [0.4, 0.5) is 0 Å². The minimum absolute atomic E-state index is 0.668. The fourth-order valence-electron chi connectivity index (χ4n) is 5.79. The van der Waals surface area contributed by atoms with Crippen LogP contribution in [0.2, 0.25) is 0 Å². The monoisotopic (exact) mass is 491 g/mol. The highest BCUT2D eigenvalue weighted by atomic mass is 32.1. The normalized spacial score (nSPS) is 12.5. The molecule has 0 saturated carbocycles. The Morgan fingerprint density at radius 1 is 0.595 bits per heavy atom. The molecular formula is C32H17N3OS. The van der Waals surface area contributed by atoms with Crippen LogP contribution in [-0.2, 0) is 0 Å². The fourth-order valence-corrected chi connectivity index (χ4v) is 6.92. The van der Waals surface area contributed by atoms with Crippen LogP contribution in [-0.4, -0.2) is 14.5 Å². The van der Waals surface area contributed by atoms with Crippen LogP contribution < -0.4 is 4.74 Å². The van der Waals surface area contributed by atoms with Gasteiger partial charge in [-0.15, -0.1) is 11.3 Å². The van der Waals surface area contributed by atoms with Crippen molar-refractivity contribution < 1.29 is 4.74 Å². The van der Waals surface area contributed by atoms with Crippen LogP contribution >= 0.6 is 11.3 Å². The van der Waals surface area contributed by atoms with Crippen molar-refractivity contribution in [2.24, 2.45) is 0 Å². The number of hydrogen-bond acceptors (Lipinski definition) is 4. The number of benzene rings is 5. The Labute approximate surface area is 215 Å². The number of thiophene rings is 1. The van der Waals surface area contributed by atoms with Crippen LogP contribution in [0.1, 0.15) is 0 Å². The third-order valence-corrected chi connectivity index (χ3v) is 8.54. The lowest BCUT2D eigenvalue weighted by atomic mass is 10.0. The predicted octanol–water partition coefficient (Wildman–Crippen LogP) is 8.87. The SMILES string of the molecule is c1ccc2c(c1)Oc1cccc3nc(-n4c5ccccc5c5cc6sc7ccccc7c6cc54)nc-2c13. The highest BCUT2D eigenvalue weighted by Gasteiger charge is 2.24. The van der Waals surface area contributed by atoms with Crippen molar-refractivity contribution >= 4 is 64.2 Å². The molecule has 0 fully saturated rings. The summed E-state index contributed by atoms with van der Waals surface area (Å²) in [5.74, 6) is 2.29. The zero-order valence-electron chi connectivity index (χ0n) is 19.5. The number of para-hydroxylation sites is 2. The Morgan fingerprint density at radius 2 is 1.41 bits per heavy atom. The molecule has 0 radical (unpaired) electrons. The topological polar surface area (TPSA) is 39.9 Å². The quantitative estimate of drug-likeness (QED) is 0.230. The van der Waals surface area contributed by atoms with E-state index >= 15 is 0 Å². The van der Waals surface area contributed by atoms with Gasteiger partial charge in [-0.1, -0.05) is 54.6 Å². The summed E-state index contributed by atoms with van der Waals surface area (Å²) in [4.78, 5) is 10.3. The number of aromatic nitrogens is 3. The standard InChI is InChI=1S/C32H17N3OS/c1-4-12-24-18(8-1)21-17-29-22(19-9-3-6-15-28(19)37-29)16-25(21)35(24)32-33-23-11-7-14-27-30(23)31(34-32)20-10-2-5-13-26(20)36-27/h1-17H. The Balaban J connectivity index is 1.44. The Kier molecular flexibility index (Phi) is 3.64. The molecule has 9 rings (SSSR count). The molecule has 0 bridgehead atoms. The summed E-state index contributed by atoms with van der Waals surface area (Å²) < 4.78 is 11.0. The molecule has 5 aromatic carbocycles. The Morgan fingerprint density at radius 3 is 2.38 bits per heavy atom. The lowest BCUT2D eigenvalue weighted by molar-refractivity contribution is 0.486. The van der Waals surface area contributed by atoms with E-state index in [0.717, 1.165) is 44.7 Å². The predicted molar refractivity (Wildman–Crippen MR) is 152 cm³/mol. The van der Waals surface area contributed by atoms with Gasteiger partial charge in [0.25, 0.3) is 0 Å². The first kappa shape index (κ1) is 19.4. The summed E-state index contributed by atoms with van der Waals surface area (Å²) in [6.45, 7) is 0. The van der Waals surface area contributed by atoms with Gasteiger partial charge in [0.05, 0.1) is 27.6 Å². The van der Waals surface area contributed by atoms with Gasteiger partial charge in [-0.25, -0.2) is 9.97 Å². The molecule has 0 atom stereocenters. The molecular weight excluding hydrogens is 474 g/mol. The second kappa shape index (κ2) is 6.93. The van der Waals surface area contributed by atoms with Crippen LogP contribution in [0, 0.1) is 0 Å². The van der Waals surface area contributed by atoms with Gasteiger partial charge in [0.2, 0.25) is 5.95 Å². The molecule has 0 aliphatic carbocycles. The van der Waals surface area contributed by atoms with Gasteiger partial charge in [0, 0.05) is 36.5 Å². The average Bonchev–Trinajstić information content (AvgIpc) is 3.47. The Hall–Kier alpha value is -4.74. The summed E-state index contributed by atoms with van der Waals surface area (Å²) in [6, 6.07) is 36.0. The molecule has 3 aromatic heterocycles. The van der Waals surface area contributed by atoms with Crippen molar-refractivity contribution in [1.82, 2.24) is 14.5 Å². The molecule has 0 N–H and O–H groups in total. The molecule has 4 heterocycles. The lowest BCUT2D eigenvalue weighted by Gasteiger charge is -2.20. The zero-order chi connectivity index (χ0) is 24.1. The maximum absolute atomic E-state index is 6.22. The molecule has 0 amide bonds. The van der Waals surface area contributed by atoms with Gasteiger partial charge in [-0.3, -0.25) is 4.57 Å². The molecule has 1 aliphatic rings. The summed E-state index contributed by atoms with van der Waals surface area (Å²) in [5, 5.41) is 5.92. The van der Waals surface area contributed by atoms with E-state index in [1.165, 1.54) is 30.9 Å². The van der Waals surface area contributed by atoms with Crippen molar-refractivity contribution in [3.63, 3.8) is 0 Å². The van der Waals surface area contributed by atoms with Gasteiger partial charge in [0.1, 0.15) is 11.5 Å². The van der Waals surface area contributed by atoms with Gasteiger partial charge >= 0.3 is 0 Å². The van der Waals surface area contributed by atoms with Crippen molar-refractivity contribution in [2.45, 2.75) is 0 Å². The lowest BCUT2D eigenvalue weighted by Crippen LogP contribution is -2.06. The highest BCUT2D eigenvalue weighted by molar-refractivity contribution is 7.25. The molecule has 0 saturated heterocycles. The molecule has 0 spiro atoms. The van der Waals surface area contributed by atoms with E-state index in [2.05, 4.69) is 71.3 Å². The van der Waals surface area contributed by atoms with Crippen LogP contribution in [0.15, 0.2) is 103 Å².